The van der Waals surface area contributed by atoms with Crippen molar-refractivity contribution in [1.82, 2.24) is 15.2 Å². The van der Waals surface area contributed by atoms with Crippen molar-refractivity contribution >= 4 is 11.9 Å². The Balaban J connectivity index is 1.39. The molecular weight excluding hydrogens is 594 g/mol. The average Bonchev–Trinajstić information content (AvgIpc) is 3.10. The number of aliphatic hydroxyl groups excluding tert-OH is 1. The number of ether oxygens (including phenoxy) is 3. The number of aliphatic hydroxyl groups is 1. The largest absolute Gasteiger partial charge is 0.453 e. The standard InChI is InChI=1S/C38H43N3O6/c1-26(45-27(2)43)37(44)40-23-28-12-18-32(19-13-28)38-46-34(24-41(3)22-20-33-11-7-8-21-39-33)35(30-9-5-4-6-10-30)36(47-38)31-16-14-29(25-42)15-17-31/h4-19,21,26,34-36,38,42H,20,22-25H2,1-3H3,(H,40,44)/t26-,34+,35+,36-,38?/m0/s1. The molecule has 0 saturated carbocycles. The molecule has 1 aromatic heterocycles. The number of carbonyl (C=O) groups excluding carboxylic acids is 2. The van der Waals surface area contributed by atoms with E-state index in [0.717, 1.165) is 46.5 Å². The molecule has 246 valence electrons. The first-order chi connectivity index (χ1) is 22.8. The highest BCUT2D eigenvalue weighted by Gasteiger charge is 2.42. The summed E-state index contributed by atoms with van der Waals surface area (Å²) in [6, 6.07) is 32.0. The fraction of sp³-hybridized carbons (Fsp3) is 0.342. The van der Waals surface area contributed by atoms with Crippen molar-refractivity contribution in [2.45, 2.75) is 63.9 Å². The zero-order valence-electron chi connectivity index (χ0n) is 27.1. The molecule has 2 heterocycles. The Morgan fingerprint density at radius 3 is 2.23 bits per heavy atom. The van der Waals surface area contributed by atoms with Gasteiger partial charge in [-0.3, -0.25) is 14.6 Å². The summed E-state index contributed by atoms with van der Waals surface area (Å²) in [5.41, 5.74) is 5.76. The number of nitrogens with zero attached hydrogens (tertiary/aromatic N) is 2. The summed E-state index contributed by atoms with van der Waals surface area (Å²) >= 11 is 0. The lowest BCUT2D eigenvalue weighted by molar-refractivity contribution is -0.263. The molecule has 1 fully saturated rings. The van der Waals surface area contributed by atoms with Gasteiger partial charge in [-0.1, -0.05) is 84.9 Å². The zero-order valence-corrected chi connectivity index (χ0v) is 27.1. The van der Waals surface area contributed by atoms with Gasteiger partial charge in [-0.05, 0) is 48.4 Å². The Hall–Kier alpha value is -4.41. The number of aromatic nitrogens is 1. The van der Waals surface area contributed by atoms with Crippen LogP contribution in [0.4, 0.5) is 0 Å². The Morgan fingerprint density at radius 2 is 1.57 bits per heavy atom. The number of esters is 1. The van der Waals surface area contributed by atoms with Crippen molar-refractivity contribution < 1.29 is 28.9 Å². The van der Waals surface area contributed by atoms with Gasteiger partial charge in [-0.25, -0.2) is 0 Å². The van der Waals surface area contributed by atoms with Gasteiger partial charge in [-0.15, -0.1) is 0 Å². The molecule has 2 N–H and O–H groups in total. The van der Waals surface area contributed by atoms with Gasteiger partial charge in [0.2, 0.25) is 0 Å². The van der Waals surface area contributed by atoms with Gasteiger partial charge in [0.05, 0.1) is 18.8 Å². The number of rotatable bonds is 13. The number of pyridine rings is 1. The van der Waals surface area contributed by atoms with E-state index in [9.17, 15) is 14.7 Å². The molecule has 1 saturated heterocycles. The molecule has 0 radical (unpaired) electrons. The highest BCUT2D eigenvalue weighted by molar-refractivity contribution is 5.82. The predicted octanol–water partition coefficient (Wildman–Crippen LogP) is 5.26. The van der Waals surface area contributed by atoms with Crippen molar-refractivity contribution in [3.8, 4) is 0 Å². The van der Waals surface area contributed by atoms with Gasteiger partial charge in [0.25, 0.3) is 5.91 Å². The second-order valence-corrected chi connectivity index (χ2v) is 11.9. The van der Waals surface area contributed by atoms with E-state index in [0.29, 0.717) is 6.54 Å². The van der Waals surface area contributed by atoms with E-state index in [2.05, 4.69) is 34.4 Å². The van der Waals surface area contributed by atoms with Gasteiger partial charge in [0, 0.05) is 56.4 Å². The number of likely N-dealkylation sites (N-methyl/N-ethyl adjacent to an activating group) is 1. The molecule has 3 aromatic carbocycles. The van der Waals surface area contributed by atoms with Crippen LogP contribution in [0, 0.1) is 0 Å². The second-order valence-electron chi connectivity index (χ2n) is 11.9. The number of hydrogen-bond donors (Lipinski definition) is 2. The van der Waals surface area contributed by atoms with E-state index in [4.69, 9.17) is 14.2 Å². The number of hydrogen-bond acceptors (Lipinski definition) is 8. The summed E-state index contributed by atoms with van der Waals surface area (Å²) in [6.07, 6.45) is 0.607. The quantitative estimate of drug-likeness (QED) is 0.191. The van der Waals surface area contributed by atoms with Crippen LogP contribution in [-0.4, -0.2) is 59.2 Å². The highest BCUT2D eigenvalue weighted by Crippen LogP contribution is 2.47. The normalized spacial score (nSPS) is 20.0. The summed E-state index contributed by atoms with van der Waals surface area (Å²) in [5, 5.41) is 12.5. The fourth-order valence-corrected chi connectivity index (χ4v) is 5.84. The van der Waals surface area contributed by atoms with Crippen LogP contribution in [0.25, 0.3) is 0 Å². The summed E-state index contributed by atoms with van der Waals surface area (Å²) in [5.74, 6) is -0.960. The Kier molecular flexibility index (Phi) is 11.9. The van der Waals surface area contributed by atoms with Gasteiger partial charge in [-0.2, -0.15) is 0 Å². The first-order valence-corrected chi connectivity index (χ1v) is 16.0. The monoisotopic (exact) mass is 637 g/mol. The maximum atomic E-state index is 12.3. The predicted molar refractivity (Wildman–Crippen MR) is 178 cm³/mol. The molecule has 0 spiro atoms. The third-order valence-corrected chi connectivity index (χ3v) is 8.37. The van der Waals surface area contributed by atoms with Crippen LogP contribution in [0.3, 0.4) is 0 Å². The summed E-state index contributed by atoms with van der Waals surface area (Å²) in [7, 11) is 2.11. The van der Waals surface area contributed by atoms with Crippen molar-refractivity contribution in [1.29, 1.82) is 0 Å². The fourth-order valence-electron chi connectivity index (χ4n) is 5.84. The van der Waals surface area contributed by atoms with Crippen molar-refractivity contribution in [3.63, 3.8) is 0 Å². The summed E-state index contributed by atoms with van der Waals surface area (Å²) in [6.45, 7) is 4.56. The maximum absolute atomic E-state index is 12.3. The van der Waals surface area contributed by atoms with Crippen LogP contribution >= 0.6 is 0 Å². The van der Waals surface area contributed by atoms with E-state index in [1.54, 1.807) is 6.92 Å². The molecule has 1 unspecified atom stereocenters. The first kappa shape index (κ1) is 33.9. The van der Waals surface area contributed by atoms with E-state index in [1.807, 2.05) is 91.1 Å². The number of amides is 1. The lowest BCUT2D eigenvalue weighted by Crippen LogP contribution is -2.43. The number of nitrogens with one attached hydrogen (secondary N) is 1. The lowest BCUT2D eigenvalue weighted by atomic mass is 9.83. The number of carbonyl (C=O) groups is 2. The van der Waals surface area contributed by atoms with Crippen molar-refractivity contribution in [2.24, 2.45) is 0 Å². The highest BCUT2D eigenvalue weighted by atomic mass is 16.7. The lowest BCUT2D eigenvalue weighted by Gasteiger charge is -2.44. The third-order valence-electron chi connectivity index (χ3n) is 8.37. The molecule has 0 aliphatic carbocycles. The Bertz CT molecular complexity index is 1570. The van der Waals surface area contributed by atoms with Crippen LogP contribution in [-0.2, 0) is 43.4 Å². The smallest absolute Gasteiger partial charge is 0.303 e. The number of benzene rings is 3. The topological polar surface area (TPSA) is 110 Å². The van der Waals surface area contributed by atoms with E-state index in [1.165, 1.54) is 6.92 Å². The Labute approximate surface area is 276 Å². The van der Waals surface area contributed by atoms with E-state index in [-0.39, 0.29) is 37.2 Å². The minimum Gasteiger partial charge on any atom is -0.453 e. The SMILES string of the molecule is CC(=O)O[C@@H](C)C(=O)NCc1ccc(C2O[C@H](CN(C)CCc3ccccn3)[C@@H](c3ccccc3)[C@H](c3ccc(CO)cc3)O2)cc1. The van der Waals surface area contributed by atoms with Gasteiger partial charge >= 0.3 is 5.97 Å². The summed E-state index contributed by atoms with van der Waals surface area (Å²) < 4.78 is 18.6. The van der Waals surface area contributed by atoms with E-state index >= 15 is 0 Å². The minimum absolute atomic E-state index is 0.0290. The van der Waals surface area contributed by atoms with Gasteiger partial charge in [0.1, 0.15) is 0 Å². The van der Waals surface area contributed by atoms with Gasteiger partial charge in [0.15, 0.2) is 12.4 Å². The Morgan fingerprint density at radius 1 is 0.894 bits per heavy atom. The molecule has 1 amide bonds. The zero-order chi connectivity index (χ0) is 33.2. The van der Waals surface area contributed by atoms with Gasteiger partial charge < -0.3 is 29.5 Å². The van der Waals surface area contributed by atoms with Crippen LogP contribution in [0.5, 0.6) is 0 Å². The average molecular weight is 638 g/mol. The molecule has 1 aliphatic heterocycles. The first-order valence-electron chi connectivity index (χ1n) is 16.0. The van der Waals surface area contributed by atoms with Crippen molar-refractivity contribution in [2.75, 3.05) is 20.1 Å². The second kappa shape index (κ2) is 16.4. The van der Waals surface area contributed by atoms with Crippen LogP contribution in [0.2, 0.25) is 0 Å². The van der Waals surface area contributed by atoms with Crippen LogP contribution < -0.4 is 5.32 Å². The molecule has 4 aromatic rings. The van der Waals surface area contributed by atoms with Crippen LogP contribution in [0.15, 0.2) is 103 Å². The minimum atomic E-state index is -0.865. The molecule has 0 bridgehead atoms. The molecule has 47 heavy (non-hydrogen) atoms. The molecular formula is C38H43N3O6. The molecule has 5 atom stereocenters. The van der Waals surface area contributed by atoms with Crippen LogP contribution in [0.1, 0.15) is 65.7 Å². The molecule has 1 aliphatic rings. The molecule has 9 heteroatoms. The molecule has 9 nitrogen and oxygen atoms in total. The third kappa shape index (κ3) is 9.33. The maximum Gasteiger partial charge on any atom is 0.303 e. The van der Waals surface area contributed by atoms with Crippen molar-refractivity contribution in [3.05, 3.63) is 137 Å². The van der Waals surface area contributed by atoms with E-state index < -0.39 is 18.4 Å². The molecule has 5 rings (SSSR count). The summed E-state index contributed by atoms with van der Waals surface area (Å²) in [4.78, 5) is 30.3.